The number of carbonyl (C=O) groups excluding carboxylic acids is 1. The molecule has 4 rings (SSSR count). The highest BCUT2D eigenvalue weighted by molar-refractivity contribution is 5.99. The maximum Gasteiger partial charge on any atom is 0.573 e. The number of nitrogens with one attached hydrogen (secondary N) is 1. The molecular formula is C24H27F3N2O5. The first-order valence-electron chi connectivity index (χ1n) is 11.7. The number of rotatable bonds is 4. The Hall–Kier alpha value is -3.04. The molecule has 0 amide bonds. The van der Waals surface area contributed by atoms with Crippen LogP contribution >= 0.6 is 0 Å². The number of aliphatic imine (C=N–C) groups is 1. The first-order valence-corrected chi connectivity index (χ1v) is 11.7. The molecule has 0 bridgehead atoms. The summed E-state index contributed by atoms with van der Waals surface area (Å²) in [6.07, 6.45) is 5.33. The lowest BCUT2D eigenvalue weighted by molar-refractivity contribution is -0.274. The molecule has 0 atom stereocenters. The van der Waals surface area contributed by atoms with E-state index < -0.39 is 29.3 Å². The fraction of sp³-hybridized carbons (Fsp3) is 0.542. The Morgan fingerprint density at radius 1 is 1.00 bits per heavy atom. The van der Waals surface area contributed by atoms with E-state index in [4.69, 9.17) is 9.15 Å². The Labute approximate surface area is 194 Å². The molecule has 0 spiro atoms. The van der Waals surface area contributed by atoms with E-state index in [-0.39, 0.29) is 29.1 Å². The smallest absolute Gasteiger partial charge is 0.422 e. The Bertz CT molecular complexity index is 1100. The van der Waals surface area contributed by atoms with Crippen molar-refractivity contribution < 1.29 is 31.9 Å². The van der Waals surface area contributed by atoms with Crippen LogP contribution < -0.4 is 15.7 Å². The lowest BCUT2D eigenvalue weighted by Crippen LogP contribution is -2.40. The third kappa shape index (κ3) is 6.51. The van der Waals surface area contributed by atoms with Gasteiger partial charge in [0.1, 0.15) is 16.9 Å². The minimum Gasteiger partial charge on any atom is -0.422 e. The molecule has 2 saturated carbocycles. The average molecular weight is 480 g/mol. The second-order valence-electron chi connectivity index (χ2n) is 8.79. The quantitative estimate of drug-likeness (QED) is 0.271. The zero-order valence-corrected chi connectivity index (χ0v) is 18.7. The fourth-order valence-corrected chi connectivity index (χ4v) is 4.47. The third-order valence-corrected chi connectivity index (χ3v) is 6.15. The molecule has 1 N–H and O–H groups in total. The highest BCUT2D eigenvalue weighted by atomic mass is 19.4. The summed E-state index contributed by atoms with van der Waals surface area (Å²) in [6.45, 7) is 0. The third-order valence-electron chi connectivity index (χ3n) is 6.15. The predicted octanol–water partition coefficient (Wildman–Crippen LogP) is 5.46. The first-order chi connectivity index (χ1) is 16.3. The van der Waals surface area contributed by atoms with Crippen LogP contribution in [0.2, 0.25) is 0 Å². The number of halogens is 3. The lowest BCUT2D eigenvalue weighted by atomic mass is 9.95. The highest BCUT2D eigenvalue weighted by Crippen LogP contribution is 2.27. The van der Waals surface area contributed by atoms with Gasteiger partial charge in [-0.25, -0.2) is 14.6 Å². The van der Waals surface area contributed by atoms with Crippen LogP contribution in [0.3, 0.4) is 0 Å². The maximum atomic E-state index is 12.9. The predicted molar refractivity (Wildman–Crippen MR) is 119 cm³/mol. The zero-order chi connectivity index (χ0) is 24.1. The number of hydrogen-bond acceptors (Lipinski definition) is 6. The topological polar surface area (TPSA) is 90.1 Å². The highest BCUT2D eigenvalue weighted by Gasteiger charge is 2.31. The zero-order valence-electron chi connectivity index (χ0n) is 18.7. The van der Waals surface area contributed by atoms with Crippen LogP contribution in [0.15, 0.2) is 38.5 Å². The number of carbonyl (C=O) groups is 1. The van der Waals surface area contributed by atoms with Gasteiger partial charge in [-0.1, -0.05) is 38.5 Å². The summed E-state index contributed by atoms with van der Waals surface area (Å²) < 4.78 is 52.2. The van der Waals surface area contributed by atoms with Gasteiger partial charge < -0.3 is 19.2 Å². The summed E-state index contributed by atoms with van der Waals surface area (Å²) in [6, 6.07) is 4.62. The van der Waals surface area contributed by atoms with Crippen molar-refractivity contribution in [3.05, 3.63) is 40.2 Å². The summed E-state index contributed by atoms with van der Waals surface area (Å²) in [5.74, 6) is -1.47. The monoisotopic (exact) mass is 480 g/mol. The van der Waals surface area contributed by atoms with Crippen molar-refractivity contribution in [2.24, 2.45) is 4.99 Å². The van der Waals surface area contributed by atoms with E-state index in [0.717, 1.165) is 82.4 Å². The maximum absolute atomic E-state index is 12.9. The second-order valence-corrected chi connectivity index (χ2v) is 8.79. The average Bonchev–Trinajstić information content (AvgIpc) is 2.79. The van der Waals surface area contributed by atoms with Crippen molar-refractivity contribution in [1.29, 1.82) is 0 Å². The van der Waals surface area contributed by atoms with E-state index in [0.29, 0.717) is 0 Å². The Kier molecular flexibility index (Phi) is 7.43. The van der Waals surface area contributed by atoms with Crippen molar-refractivity contribution >= 4 is 23.0 Å². The summed E-state index contributed by atoms with van der Waals surface area (Å²) >= 11 is 0. The van der Waals surface area contributed by atoms with Gasteiger partial charge in [-0.05, 0) is 49.9 Å². The van der Waals surface area contributed by atoms with E-state index >= 15 is 0 Å². The molecule has 1 aromatic carbocycles. The van der Waals surface area contributed by atoms with Gasteiger partial charge in [0.2, 0.25) is 0 Å². The molecule has 1 heterocycles. The molecule has 0 aliphatic heterocycles. The summed E-state index contributed by atoms with van der Waals surface area (Å²) in [4.78, 5) is 29.9. The van der Waals surface area contributed by atoms with E-state index in [1.807, 2.05) is 0 Å². The normalized spacial score (nSPS) is 18.6. The van der Waals surface area contributed by atoms with Crippen LogP contribution in [0.1, 0.15) is 74.6 Å². The summed E-state index contributed by atoms with van der Waals surface area (Å²) in [5, 5.41) is 3.32. The number of hydrogen-bond donors (Lipinski definition) is 1. The van der Waals surface area contributed by atoms with Gasteiger partial charge in [-0.15, -0.1) is 13.2 Å². The summed E-state index contributed by atoms with van der Waals surface area (Å²) in [5.41, 5.74) is -1.36. The largest absolute Gasteiger partial charge is 0.573 e. The number of fused-ring (bicyclic) bond motifs is 1. The Morgan fingerprint density at radius 2 is 1.68 bits per heavy atom. The second kappa shape index (κ2) is 10.5. The Morgan fingerprint density at radius 3 is 2.35 bits per heavy atom. The SMILES string of the molecule is O=C(OC(=NC1CCCCC1)NC1CCCCC1)c1cc2cc(OC(F)(F)F)ccc2oc1=O. The van der Waals surface area contributed by atoms with Gasteiger partial charge in [-0.2, -0.15) is 0 Å². The molecule has 2 aromatic rings. The summed E-state index contributed by atoms with van der Waals surface area (Å²) in [7, 11) is 0. The van der Waals surface area contributed by atoms with Crippen molar-refractivity contribution in [3.8, 4) is 5.75 Å². The van der Waals surface area contributed by atoms with Gasteiger partial charge in [0.05, 0.1) is 6.04 Å². The van der Waals surface area contributed by atoms with Gasteiger partial charge in [0.25, 0.3) is 6.02 Å². The van der Waals surface area contributed by atoms with Crippen LogP contribution in [0, 0.1) is 0 Å². The number of esters is 1. The van der Waals surface area contributed by atoms with Crippen molar-refractivity contribution in [3.63, 3.8) is 0 Å². The molecule has 0 radical (unpaired) electrons. The van der Waals surface area contributed by atoms with E-state index in [1.165, 1.54) is 6.07 Å². The molecule has 2 aliphatic rings. The molecular weight excluding hydrogens is 453 g/mol. The molecule has 10 heteroatoms. The molecule has 2 fully saturated rings. The molecule has 2 aliphatic carbocycles. The van der Waals surface area contributed by atoms with E-state index in [9.17, 15) is 22.8 Å². The number of alkyl halides is 3. The first kappa shape index (κ1) is 24.1. The molecule has 184 valence electrons. The van der Waals surface area contributed by atoms with Gasteiger partial charge in [0, 0.05) is 11.4 Å². The van der Waals surface area contributed by atoms with Gasteiger partial charge in [0.15, 0.2) is 0 Å². The van der Waals surface area contributed by atoms with Crippen LogP contribution in [0.25, 0.3) is 11.0 Å². The molecule has 7 nitrogen and oxygen atoms in total. The fourth-order valence-electron chi connectivity index (χ4n) is 4.47. The van der Waals surface area contributed by atoms with Crippen molar-refractivity contribution in [1.82, 2.24) is 5.32 Å². The number of benzene rings is 1. The lowest BCUT2D eigenvalue weighted by Gasteiger charge is -2.25. The standard InChI is InChI=1S/C24H27F3N2O5/c25-24(26,27)34-18-11-12-20-15(13-18)14-19(21(30)32-20)22(31)33-23(28-16-7-3-1-4-8-16)29-17-9-5-2-6-10-17/h11-14,16-17H,1-10H2,(H,28,29). The van der Waals surface area contributed by atoms with Crippen LogP contribution in [0.5, 0.6) is 5.75 Å². The van der Waals surface area contributed by atoms with Crippen LogP contribution in [-0.2, 0) is 4.74 Å². The van der Waals surface area contributed by atoms with Crippen LogP contribution in [-0.4, -0.2) is 30.4 Å². The minimum absolute atomic E-state index is 0.0208. The van der Waals surface area contributed by atoms with Crippen LogP contribution in [0.4, 0.5) is 13.2 Å². The van der Waals surface area contributed by atoms with Crippen molar-refractivity contribution in [2.75, 3.05) is 0 Å². The molecule has 1 aromatic heterocycles. The van der Waals surface area contributed by atoms with Gasteiger partial charge >= 0.3 is 18.0 Å². The number of nitrogens with zero attached hydrogens (tertiary/aromatic N) is 1. The number of amidine groups is 1. The molecule has 0 saturated heterocycles. The Balaban J connectivity index is 1.57. The van der Waals surface area contributed by atoms with Crippen molar-refractivity contribution in [2.45, 2.75) is 82.7 Å². The molecule has 0 unspecified atom stereocenters. The van der Waals surface area contributed by atoms with E-state index in [1.54, 1.807) is 0 Å². The number of ether oxygens (including phenoxy) is 2. The molecule has 34 heavy (non-hydrogen) atoms. The van der Waals surface area contributed by atoms with Gasteiger partial charge in [-0.3, -0.25) is 0 Å². The van der Waals surface area contributed by atoms with E-state index in [2.05, 4.69) is 15.0 Å². The minimum atomic E-state index is -4.87.